The SMILES string of the molecule is CC(=O)Nc1ccnc2c(C(C)(C)C)cnn12.CC(C)(C)c1cnc2c(CC(N)=O)cccn12.CC(C)(C)c1cnc2c(F)nccn12.CC(C)(C)c1cnc2c(N)ccnn12.CC(C)(C)c1cnc2c(NC3CC3)cccn12.CC(C)(C)c1cnc2c(Nc3ccccc3)cccn12.CC(C)(C)c1cnc2ccccn12.CC(C)(C)c1cnc2cncc(C(N)=O)n12.CC(C)c1cnn2c(NC(N)=O)ncnc12. The highest BCUT2D eigenvalue weighted by atomic mass is 19.1. The molecule has 19 aromatic rings. The summed E-state index contributed by atoms with van der Waals surface area (Å²) < 4.78 is 30.1. The number of carbonyl (C=O) groups excluding carboxylic acids is 4. The Labute approximate surface area is 838 Å². The van der Waals surface area contributed by atoms with E-state index in [9.17, 15) is 23.6 Å². The van der Waals surface area contributed by atoms with Crippen molar-refractivity contribution in [3.05, 3.63) is 289 Å². The highest BCUT2D eigenvalue weighted by molar-refractivity contribution is 5.92. The molecule has 756 valence electrons. The van der Waals surface area contributed by atoms with Crippen molar-refractivity contribution in [1.82, 2.24) is 115 Å². The van der Waals surface area contributed by atoms with E-state index in [1.807, 2.05) is 104 Å². The summed E-state index contributed by atoms with van der Waals surface area (Å²) in [6.07, 6.45) is 38.5. The fraction of sp³-hybridized carbons (Fsp3) is 0.374. The van der Waals surface area contributed by atoms with Crippen molar-refractivity contribution < 1.29 is 23.6 Å². The van der Waals surface area contributed by atoms with Gasteiger partial charge in [0, 0.05) is 188 Å². The molecule has 1 aliphatic carbocycles. The maximum Gasteiger partial charge on any atom is 0.319 e. The number of anilines is 6. The second kappa shape index (κ2) is 43.2. The van der Waals surface area contributed by atoms with Crippen LogP contribution in [0.5, 0.6) is 0 Å². The van der Waals surface area contributed by atoms with E-state index in [2.05, 4.69) is 331 Å². The van der Waals surface area contributed by atoms with E-state index in [1.54, 1.807) is 79.5 Å². The lowest BCUT2D eigenvalue weighted by atomic mass is 9.89. The van der Waals surface area contributed by atoms with Crippen LogP contribution < -0.4 is 44.2 Å². The number of hydrogen-bond acceptors (Lipinski definition) is 22. The molecule has 1 aliphatic rings. The first kappa shape index (κ1) is 107. The fourth-order valence-corrected chi connectivity index (χ4v) is 15.5. The van der Waals surface area contributed by atoms with Crippen molar-refractivity contribution in [3.63, 3.8) is 0 Å². The number of nitrogens with two attached hydrogens (primary N) is 4. The topological polar surface area (TPSA) is 454 Å². The zero-order valence-electron chi connectivity index (χ0n) is 87.6. The maximum atomic E-state index is 13.2. The molecule has 18 aromatic heterocycles. The lowest BCUT2D eigenvalue weighted by Crippen LogP contribution is -2.22. The predicted molar refractivity (Wildman–Crippen MR) is 567 cm³/mol. The number of nitrogens with one attached hydrogen (secondary N) is 4. The molecule has 0 radical (unpaired) electrons. The molecule has 144 heavy (non-hydrogen) atoms. The summed E-state index contributed by atoms with van der Waals surface area (Å²) in [4.78, 5) is 94.4. The molecule has 36 nitrogen and oxygen atoms in total. The van der Waals surface area contributed by atoms with Crippen molar-refractivity contribution in [3.8, 4) is 0 Å². The average molecular weight is 1950 g/mol. The van der Waals surface area contributed by atoms with E-state index in [0.29, 0.717) is 40.5 Å². The Morgan fingerprint density at radius 2 is 0.910 bits per heavy atom. The normalized spacial score (nSPS) is 12.4. The van der Waals surface area contributed by atoms with Crippen LogP contribution in [0.4, 0.5) is 43.7 Å². The van der Waals surface area contributed by atoms with E-state index in [1.165, 1.54) is 60.1 Å². The summed E-state index contributed by atoms with van der Waals surface area (Å²) in [5.74, 6) is -0.274. The van der Waals surface area contributed by atoms with Crippen LogP contribution in [0.25, 0.3) is 50.8 Å². The number of fused-ring (bicyclic) bond motifs is 9. The van der Waals surface area contributed by atoms with Crippen LogP contribution >= 0.6 is 0 Å². The molecule has 0 atom stereocenters. The van der Waals surface area contributed by atoms with Gasteiger partial charge in [0.1, 0.15) is 29.1 Å². The number of imidazole rings is 7. The molecule has 37 heteroatoms. The molecule has 12 N–H and O–H groups in total. The van der Waals surface area contributed by atoms with Gasteiger partial charge in [-0.25, -0.2) is 64.1 Å². The Morgan fingerprint density at radius 1 is 0.410 bits per heavy atom. The van der Waals surface area contributed by atoms with E-state index < -0.39 is 17.9 Å². The Kier molecular flexibility index (Phi) is 32.1. The van der Waals surface area contributed by atoms with Crippen LogP contribution in [-0.2, 0) is 59.3 Å². The first-order valence-corrected chi connectivity index (χ1v) is 47.7. The number of primary amides is 3. The van der Waals surface area contributed by atoms with Crippen molar-refractivity contribution >= 4 is 109 Å². The Hall–Kier alpha value is -16.0. The van der Waals surface area contributed by atoms with Gasteiger partial charge < -0.3 is 56.5 Å². The summed E-state index contributed by atoms with van der Waals surface area (Å²) in [5, 5.41) is 24.7. The Bertz CT molecular complexity index is 7500. The van der Waals surface area contributed by atoms with Gasteiger partial charge in [-0.2, -0.15) is 28.7 Å². The van der Waals surface area contributed by atoms with Gasteiger partial charge >= 0.3 is 6.03 Å². The number of urea groups is 1. The molecular formula is C107H137FN32O4. The lowest BCUT2D eigenvalue weighted by molar-refractivity contribution is -0.117. The number of amides is 5. The van der Waals surface area contributed by atoms with E-state index in [4.69, 9.17) is 22.9 Å². The smallest absolute Gasteiger partial charge is 0.319 e. The van der Waals surface area contributed by atoms with Gasteiger partial charge in [-0.1, -0.05) is 210 Å². The molecule has 5 amide bonds. The molecular weight excluding hydrogens is 1820 g/mol. The first-order valence-electron chi connectivity index (χ1n) is 47.7. The quantitative estimate of drug-likeness (QED) is 0.0630. The highest BCUT2D eigenvalue weighted by Gasteiger charge is 2.30. The lowest BCUT2D eigenvalue weighted by Gasteiger charge is -2.18. The third-order valence-electron chi connectivity index (χ3n) is 23.0. The van der Waals surface area contributed by atoms with Crippen molar-refractivity contribution in [2.75, 3.05) is 27.0 Å². The number of rotatable bonds is 10. The third-order valence-corrected chi connectivity index (χ3v) is 23.0. The number of benzene rings is 1. The number of nitrogen functional groups attached to an aromatic ring is 1. The van der Waals surface area contributed by atoms with Gasteiger partial charge in [0.05, 0.1) is 66.4 Å². The minimum Gasteiger partial charge on any atom is -0.396 e. The Balaban J connectivity index is 0.000000145. The molecule has 1 saturated carbocycles. The number of para-hydroxylation sites is 1. The molecule has 18 heterocycles. The monoisotopic (exact) mass is 1950 g/mol. The molecule has 0 bridgehead atoms. The van der Waals surface area contributed by atoms with Crippen LogP contribution in [0.3, 0.4) is 0 Å². The largest absolute Gasteiger partial charge is 0.396 e. The molecule has 1 fully saturated rings. The number of halogens is 1. The van der Waals surface area contributed by atoms with Gasteiger partial charge in [-0.3, -0.25) is 33.5 Å². The van der Waals surface area contributed by atoms with Crippen LogP contribution in [0.1, 0.15) is 273 Å². The van der Waals surface area contributed by atoms with E-state index in [0.717, 1.165) is 90.4 Å². The van der Waals surface area contributed by atoms with Gasteiger partial charge in [0.2, 0.25) is 17.8 Å². The van der Waals surface area contributed by atoms with Crippen LogP contribution in [-0.4, -0.2) is 145 Å². The summed E-state index contributed by atoms with van der Waals surface area (Å²) in [5.41, 5.74) is 43.6. The number of aromatic nitrogens is 24. The molecule has 0 saturated heterocycles. The average Bonchev–Trinajstić information content (AvgIpc) is 1.63. The Morgan fingerprint density at radius 3 is 1.47 bits per heavy atom. The zero-order chi connectivity index (χ0) is 105. The minimum absolute atomic E-state index is 0.0186. The zero-order valence-corrected chi connectivity index (χ0v) is 87.6. The van der Waals surface area contributed by atoms with Gasteiger partial charge in [-0.05, 0) is 90.9 Å². The van der Waals surface area contributed by atoms with E-state index in [-0.39, 0.29) is 73.2 Å². The maximum absolute atomic E-state index is 13.2. The van der Waals surface area contributed by atoms with Crippen molar-refractivity contribution in [1.29, 1.82) is 0 Å². The number of carbonyl (C=O) groups is 4. The predicted octanol–water partition coefficient (Wildman–Crippen LogP) is 19.5. The summed E-state index contributed by atoms with van der Waals surface area (Å²) >= 11 is 0. The number of nitrogens with zero attached hydrogens (tertiary/aromatic N) is 24. The number of pyridine rings is 4. The second-order valence-electron chi connectivity index (χ2n) is 43.7. The molecule has 0 unspecified atom stereocenters. The standard InChI is InChI=1S/C17H19N3.C14H19N3.C13H17N3O.C12H16N4O.C11H14N4O.C11H14N2.C10H12FN3.C10H14N4.C9H12N6O/c1-17(2,3)15-12-18-16-14(10-7-11-20(15)16)19-13-8-5-4-6-9-13;1-14(2,3)12-9-15-13-11(16-10-6-7-10)5-4-8-17(12)13;1-13(2,3)10-8-15-12-9(7-11(14)17)5-4-6-16(10)12;1-8(17)15-10-5-6-13-11-9(12(2,3)4)7-14-16(10)11;1-11(2,3)8-5-14-9-6-13-4-7(10(12)16)15(8)9;1-11(2,3)9-8-12-10-6-4-5-7-13(9)10;1-10(2,3)7-6-13-9-8(11)12-4-5-14(7)9;1-10(2,3)8-6-12-9-7(11)4-5-13-14(8)9;1-5(2)6-3-13-15-7(6)11-4-12-9(15)14-8(10)16/h4-12,19H,1-3H3;4-5,8-10,16H,6-7H2,1-3H3;4-6,8H,7H2,1-3H3,(H2,14,17);5-7H,1-4H3,(H,15,17);4-6H,1-3H3,(H2,12,16);4-8H,1-3H3;4-6H,1-3H3;4-6H,11H2,1-3H3;3-5H,1-2H3,(H3,10,11,12,14,16). The fourth-order valence-electron chi connectivity index (χ4n) is 15.5. The van der Waals surface area contributed by atoms with Crippen LogP contribution in [0.15, 0.2) is 221 Å². The first-order chi connectivity index (χ1) is 67.5. The summed E-state index contributed by atoms with van der Waals surface area (Å²) in [7, 11) is 0. The van der Waals surface area contributed by atoms with Gasteiger partial charge in [0.15, 0.2) is 39.5 Å². The molecule has 0 spiro atoms. The van der Waals surface area contributed by atoms with Crippen LogP contribution in [0.2, 0.25) is 0 Å². The van der Waals surface area contributed by atoms with Crippen molar-refractivity contribution in [2.24, 2.45) is 17.2 Å². The van der Waals surface area contributed by atoms with Gasteiger partial charge in [-0.15, -0.1) is 0 Å². The summed E-state index contributed by atoms with van der Waals surface area (Å²) in [6, 6.07) is 31.8. The molecule has 0 aliphatic heterocycles. The minimum atomic E-state index is -0.679. The summed E-state index contributed by atoms with van der Waals surface area (Å²) in [6.45, 7) is 56.9. The van der Waals surface area contributed by atoms with Gasteiger partial charge in [0.25, 0.3) is 11.9 Å². The second-order valence-corrected chi connectivity index (χ2v) is 43.7. The molecule has 1 aromatic carbocycles. The van der Waals surface area contributed by atoms with Crippen LogP contribution in [0, 0.1) is 5.95 Å². The molecule has 20 rings (SSSR count). The van der Waals surface area contributed by atoms with Crippen molar-refractivity contribution in [2.45, 2.75) is 261 Å². The highest BCUT2D eigenvalue weighted by Crippen LogP contribution is 2.35. The third kappa shape index (κ3) is 26.0. The van der Waals surface area contributed by atoms with E-state index >= 15 is 0 Å². The number of hydrogen-bond donors (Lipinski definition) is 8.